The van der Waals surface area contributed by atoms with Crippen LogP contribution in [0.3, 0.4) is 0 Å². The van der Waals surface area contributed by atoms with Crippen LogP contribution in [0.5, 0.6) is 0 Å². The van der Waals surface area contributed by atoms with Crippen molar-refractivity contribution in [3.8, 4) is 0 Å². The van der Waals surface area contributed by atoms with Crippen molar-refractivity contribution >= 4 is 24.9 Å². The van der Waals surface area contributed by atoms with E-state index in [1.54, 1.807) is 30.3 Å². The van der Waals surface area contributed by atoms with Gasteiger partial charge in [-0.05, 0) is 11.6 Å². The molecular formula is C16H12BF4NO2. The number of pyridine rings is 1. The fourth-order valence-electron chi connectivity index (χ4n) is 2.18. The molecule has 2 aromatic rings. The lowest BCUT2D eigenvalue weighted by Crippen LogP contribution is -2.25. The number of hydrogen-bond donors (Lipinski definition) is 0. The first-order chi connectivity index (χ1) is 11.2. The van der Waals surface area contributed by atoms with E-state index < -0.39 is 7.25 Å². The van der Waals surface area contributed by atoms with Gasteiger partial charge in [0, 0.05) is 23.3 Å². The van der Waals surface area contributed by atoms with Crippen LogP contribution >= 0.6 is 0 Å². The Morgan fingerprint density at radius 3 is 1.71 bits per heavy atom. The summed E-state index contributed by atoms with van der Waals surface area (Å²) in [6.07, 6.45) is 5.41. The minimum atomic E-state index is -6.00. The maximum absolute atomic E-state index is 12.2. The van der Waals surface area contributed by atoms with Crippen LogP contribution in [0.1, 0.15) is 26.3 Å². The third kappa shape index (κ3) is 4.38. The van der Waals surface area contributed by atoms with Crippen molar-refractivity contribution < 1.29 is 31.4 Å². The highest BCUT2D eigenvalue weighted by Gasteiger charge is 2.32. The second-order valence-electron chi connectivity index (χ2n) is 5.05. The number of Topliss-reactive ketones (excluding diaryl/α,β-unsaturated/α-hetero) is 2. The quantitative estimate of drug-likeness (QED) is 0.263. The largest absolute Gasteiger partial charge is 0.673 e. The Hall–Kier alpha value is -2.77. The minimum absolute atomic E-state index is 0.186. The van der Waals surface area contributed by atoms with Crippen LogP contribution in [-0.2, 0) is 7.05 Å². The molecule has 0 saturated heterocycles. The Morgan fingerprint density at radius 1 is 0.875 bits per heavy atom. The summed E-state index contributed by atoms with van der Waals surface area (Å²) in [5.74, 6) is -0.373. The summed E-state index contributed by atoms with van der Waals surface area (Å²) in [4.78, 5) is 24.4. The van der Waals surface area contributed by atoms with Gasteiger partial charge in [0.2, 0.25) is 0 Å². The second kappa shape index (κ2) is 6.78. The Kier molecular flexibility index (Phi) is 4.97. The Labute approximate surface area is 135 Å². The molecule has 0 saturated carbocycles. The lowest BCUT2D eigenvalue weighted by atomic mass is 10.1. The zero-order valence-electron chi connectivity index (χ0n) is 12.5. The van der Waals surface area contributed by atoms with Crippen molar-refractivity contribution in [2.45, 2.75) is 0 Å². The molecule has 1 aromatic carbocycles. The molecule has 8 heteroatoms. The molecule has 1 aromatic heterocycles. The van der Waals surface area contributed by atoms with Crippen molar-refractivity contribution in [2.75, 3.05) is 0 Å². The minimum Gasteiger partial charge on any atom is -0.418 e. The highest BCUT2D eigenvalue weighted by atomic mass is 19.5. The highest BCUT2D eigenvalue weighted by molar-refractivity contribution is 6.50. The molecule has 1 aliphatic carbocycles. The average molecular weight is 337 g/mol. The van der Waals surface area contributed by atoms with E-state index in [2.05, 4.69) is 0 Å². The number of carbonyl (C=O) groups excluding carboxylic acids is 2. The van der Waals surface area contributed by atoms with E-state index in [0.717, 1.165) is 5.56 Å². The van der Waals surface area contributed by atoms with Gasteiger partial charge in [-0.15, -0.1) is 0 Å². The molecule has 24 heavy (non-hydrogen) atoms. The van der Waals surface area contributed by atoms with Gasteiger partial charge < -0.3 is 17.3 Å². The average Bonchev–Trinajstić information content (AvgIpc) is 2.73. The van der Waals surface area contributed by atoms with Crippen molar-refractivity contribution in [3.05, 3.63) is 71.1 Å². The number of halogens is 4. The van der Waals surface area contributed by atoms with Crippen LogP contribution in [-0.4, -0.2) is 18.8 Å². The van der Waals surface area contributed by atoms with Crippen molar-refractivity contribution in [1.82, 2.24) is 0 Å². The normalized spacial score (nSPS) is 13.3. The molecule has 3 rings (SSSR count). The Morgan fingerprint density at radius 2 is 1.29 bits per heavy atom. The van der Waals surface area contributed by atoms with Gasteiger partial charge >= 0.3 is 7.25 Å². The van der Waals surface area contributed by atoms with Crippen LogP contribution in [0.25, 0.3) is 6.08 Å². The summed E-state index contributed by atoms with van der Waals surface area (Å²) in [7, 11) is -4.08. The molecule has 0 atom stereocenters. The van der Waals surface area contributed by atoms with E-state index in [9.17, 15) is 26.9 Å². The number of aromatic nitrogens is 1. The first-order valence-electron chi connectivity index (χ1n) is 6.89. The van der Waals surface area contributed by atoms with E-state index in [1.807, 2.05) is 36.1 Å². The predicted octanol–water partition coefficient (Wildman–Crippen LogP) is 3.27. The van der Waals surface area contributed by atoms with Gasteiger partial charge in [-0.1, -0.05) is 24.3 Å². The van der Waals surface area contributed by atoms with E-state index >= 15 is 0 Å². The molecule has 0 N–H and O–H groups in total. The number of rotatable bonds is 1. The molecule has 0 aliphatic heterocycles. The van der Waals surface area contributed by atoms with Crippen LogP contribution in [0.15, 0.2) is 54.4 Å². The van der Waals surface area contributed by atoms with E-state index in [1.165, 1.54) is 0 Å². The first kappa shape index (κ1) is 17.6. The zero-order valence-corrected chi connectivity index (χ0v) is 12.5. The molecule has 0 unspecified atom stereocenters. The standard InChI is InChI=1S/C16H12NO2.BF4/c1-17-8-6-11(7-9-17)10-14-15(18)12-4-2-3-5-13(12)16(14)19;2-1(3,4)5/h2-10H,1H3;/q+1;-1. The summed E-state index contributed by atoms with van der Waals surface area (Å²) in [5, 5.41) is 0. The van der Waals surface area contributed by atoms with Crippen LogP contribution < -0.4 is 4.57 Å². The molecule has 0 amide bonds. The summed E-state index contributed by atoms with van der Waals surface area (Å²) >= 11 is 0. The summed E-state index contributed by atoms with van der Waals surface area (Å²) in [5.41, 5.74) is 2.10. The number of hydrogen-bond acceptors (Lipinski definition) is 2. The monoisotopic (exact) mass is 337 g/mol. The predicted molar refractivity (Wildman–Crippen MR) is 80.9 cm³/mol. The van der Waals surface area contributed by atoms with Crippen molar-refractivity contribution in [3.63, 3.8) is 0 Å². The summed E-state index contributed by atoms with van der Waals surface area (Å²) in [6, 6.07) is 10.7. The molecule has 124 valence electrons. The molecule has 0 radical (unpaired) electrons. The number of carbonyl (C=O) groups is 2. The van der Waals surface area contributed by atoms with Crippen molar-refractivity contribution in [1.29, 1.82) is 0 Å². The summed E-state index contributed by atoms with van der Waals surface area (Å²) < 4.78 is 40.9. The van der Waals surface area contributed by atoms with Crippen LogP contribution in [0.2, 0.25) is 0 Å². The molecule has 3 nitrogen and oxygen atoms in total. The topological polar surface area (TPSA) is 38.0 Å². The maximum Gasteiger partial charge on any atom is 0.673 e. The molecule has 0 spiro atoms. The summed E-state index contributed by atoms with van der Waals surface area (Å²) in [6.45, 7) is 0. The number of ketones is 2. The van der Waals surface area contributed by atoms with Gasteiger partial charge in [0.05, 0.1) is 5.57 Å². The van der Waals surface area contributed by atoms with Gasteiger partial charge in [0.15, 0.2) is 24.0 Å². The Bertz CT molecular complexity index is 771. The number of fused-ring (bicyclic) bond motifs is 1. The zero-order chi connectivity index (χ0) is 17.9. The molecule has 1 aliphatic rings. The molecule has 0 fully saturated rings. The third-order valence-electron chi connectivity index (χ3n) is 3.22. The van der Waals surface area contributed by atoms with Gasteiger partial charge in [-0.2, -0.15) is 0 Å². The van der Waals surface area contributed by atoms with Crippen LogP contribution in [0.4, 0.5) is 17.3 Å². The van der Waals surface area contributed by atoms with E-state index in [0.29, 0.717) is 11.1 Å². The Balaban J connectivity index is 0.000000368. The maximum atomic E-state index is 12.2. The van der Waals surface area contributed by atoms with Crippen molar-refractivity contribution in [2.24, 2.45) is 7.05 Å². The molecule has 1 heterocycles. The van der Waals surface area contributed by atoms with Gasteiger partial charge in [0.1, 0.15) is 7.05 Å². The fourth-order valence-corrected chi connectivity index (χ4v) is 2.18. The lowest BCUT2D eigenvalue weighted by Gasteiger charge is -1.94. The third-order valence-corrected chi connectivity index (χ3v) is 3.22. The fraction of sp³-hybridized carbons (Fsp3) is 0.0625. The first-order valence-corrected chi connectivity index (χ1v) is 6.89. The smallest absolute Gasteiger partial charge is 0.418 e. The number of aryl methyl sites for hydroxylation is 1. The number of allylic oxidation sites excluding steroid dienone is 1. The number of benzene rings is 1. The van der Waals surface area contributed by atoms with Gasteiger partial charge in [-0.3, -0.25) is 9.59 Å². The van der Waals surface area contributed by atoms with Crippen LogP contribution in [0, 0.1) is 0 Å². The highest BCUT2D eigenvalue weighted by Crippen LogP contribution is 2.27. The second-order valence-corrected chi connectivity index (χ2v) is 5.05. The lowest BCUT2D eigenvalue weighted by molar-refractivity contribution is -0.671. The van der Waals surface area contributed by atoms with Gasteiger partial charge in [-0.25, -0.2) is 4.57 Å². The van der Waals surface area contributed by atoms with E-state index in [-0.39, 0.29) is 17.1 Å². The SMILES string of the molecule is C[n+]1ccc(C=C2C(=O)c3ccccc3C2=O)cc1.F[B-](F)(F)F. The molecular weight excluding hydrogens is 325 g/mol. The molecule has 0 bridgehead atoms. The van der Waals surface area contributed by atoms with E-state index in [4.69, 9.17) is 0 Å². The van der Waals surface area contributed by atoms with Gasteiger partial charge in [0.25, 0.3) is 0 Å². The number of nitrogens with zero attached hydrogens (tertiary/aromatic N) is 1.